The molecule has 18 heavy (non-hydrogen) atoms. The van der Waals surface area contributed by atoms with Crippen LogP contribution >= 0.6 is 11.6 Å². The number of carbonyl (C=O) groups is 2. The van der Waals surface area contributed by atoms with Crippen molar-refractivity contribution >= 4 is 23.3 Å². The molecular formula is C10H12ClF4NO2. The van der Waals surface area contributed by atoms with Gasteiger partial charge >= 0.3 is 12.3 Å². The number of halogens is 5. The Kier molecular flexibility index (Phi) is 4.95. The van der Waals surface area contributed by atoms with E-state index in [0.717, 1.165) is 0 Å². The summed E-state index contributed by atoms with van der Waals surface area (Å²) in [6.45, 7) is 0. The van der Waals surface area contributed by atoms with Crippen molar-refractivity contribution in [1.82, 2.24) is 5.32 Å². The van der Waals surface area contributed by atoms with Crippen LogP contribution < -0.4 is 5.32 Å². The Balaban J connectivity index is 2.67. The first-order valence-electron chi connectivity index (χ1n) is 5.36. The fraction of sp³-hybridized carbons (Fsp3) is 0.800. The van der Waals surface area contributed by atoms with Gasteiger partial charge in [-0.1, -0.05) is 6.42 Å². The number of hydrogen-bond acceptors (Lipinski definition) is 2. The first-order valence-corrected chi connectivity index (χ1v) is 5.89. The molecular weight excluding hydrogens is 278 g/mol. The van der Waals surface area contributed by atoms with E-state index in [0.29, 0.717) is 19.3 Å². The van der Waals surface area contributed by atoms with Gasteiger partial charge in [0.15, 0.2) is 5.78 Å². The molecule has 0 saturated heterocycles. The number of hydrogen-bond donors (Lipinski definition) is 1. The second-order valence-corrected chi connectivity index (χ2v) is 4.41. The summed E-state index contributed by atoms with van der Waals surface area (Å²) in [6, 6.07) is -0.839. The van der Waals surface area contributed by atoms with Gasteiger partial charge in [0.25, 0.3) is 5.91 Å². The molecule has 1 saturated carbocycles. The van der Waals surface area contributed by atoms with Gasteiger partial charge in [-0.15, -0.1) is 11.6 Å². The Morgan fingerprint density at radius 2 is 1.94 bits per heavy atom. The van der Waals surface area contributed by atoms with E-state index >= 15 is 0 Å². The summed E-state index contributed by atoms with van der Waals surface area (Å²) in [5, 5.41) is 1.82. The SMILES string of the molecule is O=C(CCl)C1CCCC1NC(=O)C(F)(F)C(F)F. The lowest BCUT2D eigenvalue weighted by atomic mass is 9.99. The third kappa shape index (κ3) is 3.13. The average molecular weight is 290 g/mol. The van der Waals surface area contributed by atoms with Gasteiger partial charge in [0, 0.05) is 12.0 Å². The maximum Gasteiger partial charge on any atom is 0.383 e. The van der Waals surface area contributed by atoms with Crippen LogP contribution in [-0.2, 0) is 9.59 Å². The molecule has 0 bridgehead atoms. The summed E-state index contributed by atoms with van der Waals surface area (Å²) in [7, 11) is 0. The lowest BCUT2D eigenvalue weighted by Gasteiger charge is -2.22. The van der Waals surface area contributed by atoms with Crippen LogP contribution in [0.5, 0.6) is 0 Å². The van der Waals surface area contributed by atoms with E-state index in [9.17, 15) is 27.2 Å². The third-order valence-electron chi connectivity index (χ3n) is 2.95. The van der Waals surface area contributed by atoms with Crippen molar-refractivity contribution in [3.05, 3.63) is 0 Å². The van der Waals surface area contributed by atoms with Gasteiger partial charge in [-0.05, 0) is 12.8 Å². The van der Waals surface area contributed by atoms with Crippen LogP contribution in [0, 0.1) is 5.92 Å². The number of nitrogens with one attached hydrogen (secondary N) is 1. The van der Waals surface area contributed by atoms with Gasteiger partial charge in [0.1, 0.15) is 0 Å². The monoisotopic (exact) mass is 289 g/mol. The summed E-state index contributed by atoms with van der Waals surface area (Å²) in [6.07, 6.45) is -2.80. The molecule has 1 aliphatic rings. The lowest BCUT2D eigenvalue weighted by molar-refractivity contribution is -0.170. The molecule has 1 rings (SSSR count). The average Bonchev–Trinajstić information content (AvgIpc) is 2.75. The zero-order chi connectivity index (χ0) is 13.9. The number of alkyl halides is 5. The molecule has 0 spiro atoms. The quantitative estimate of drug-likeness (QED) is 0.621. The Hall–Kier alpha value is -0.850. The molecule has 0 radical (unpaired) electrons. The lowest BCUT2D eigenvalue weighted by Crippen LogP contribution is -2.50. The van der Waals surface area contributed by atoms with Gasteiger partial charge in [-0.2, -0.15) is 8.78 Å². The van der Waals surface area contributed by atoms with Gasteiger partial charge in [-0.3, -0.25) is 9.59 Å². The molecule has 0 aromatic rings. The second kappa shape index (κ2) is 5.86. The zero-order valence-corrected chi connectivity index (χ0v) is 10.0. The summed E-state index contributed by atoms with van der Waals surface area (Å²) < 4.78 is 49.4. The number of amides is 1. The topological polar surface area (TPSA) is 46.2 Å². The normalized spacial score (nSPS) is 24.3. The van der Waals surface area contributed by atoms with E-state index in [1.165, 1.54) is 0 Å². The molecule has 1 amide bonds. The largest absolute Gasteiger partial charge is 0.383 e. The van der Waals surface area contributed by atoms with E-state index in [4.69, 9.17) is 11.6 Å². The second-order valence-electron chi connectivity index (χ2n) is 4.14. The van der Waals surface area contributed by atoms with Crippen LogP contribution in [0.3, 0.4) is 0 Å². The zero-order valence-electron chi connectivity index (χ0n) is 9.27. The van der Waals surface area contributed by atoms with E-state index in [-0.39, 0.29) is 11.7 Å². The molecule has 1 N–H and O–H groups in total. The molecule has 2 atom stereocenters. The van der Waals surface area contributed by atoms with Crippen molar-refractivity contribution in [2.45, 2.75) is 37.7 Å². The maximum absolute atomic E-state index is 12.7. The predicted molar refractivity (Wildman–Crippen MR) is 55.9 cm³/mol. The van der Waals surface area contributed by atoms with Crippen LogP contribution in [0.1, 0.15) is 19.3 Å². The van der Waals surface area contributed by atoms with Crippen LogP contribution in [0.2, 0.25) is 0 Å². The van der Waals surface area contributed by atoms with Gasteiger partial charge < -0.3 is 5.32 Å². The Morgan fingerprint density at radius 1 is 1.33 bits per heavy atom. The van der Waals surface area contributed by atoms with Gasteiger partial charge in [0.2, 0.25) is 0 Å². The van der Waals surface area contributed by atoms with Crippen LogP contribution in [-0.4, -0.2) is 36.0 Å². The van der Waals surface area contributed by atoms with Crippen molar-refractivity contribution in [3.8, 4) is 0 Å². The molecule has 8 heteroatoms. The first-order chi connectivity index (χ1) is 8.30. The molecule has 0 aromatic heterocycles. The fourth-order valence-electron chi connectivity index (χ4n) is 1.98. The molecule has 0 heterocycles. The third-order valence-corrected chi connectivity index (χ3v) is 3.22. The number of rotatable bonds is 5. The molecule has 0 aliphatic heterocycles. The summed E-state index contributed by atoms with van der Waals surface area (Å²) in [5.41, 5.74) is 0. The highest BCUT2D eigenvalue weighted by molar-refractivity contribution is 6.28. The minimum absolute atomic E-state index is 0.289. The van der Waals surface area contributed by atoms with Crippen molar-refractivity contribution in [1.29, 1.82) is 0 Å². The highest BCUT2D eigenvalue weighted by Gasteiger charge is 2.50. The van der Waals surface area contributed by atoms with Gasteiger partial charge in [-0.25, -0.2) is 8.78 Å². The summed E-state index contributed by atoms with van der Waals surface area (Å²) in [4.78, 5) is 22.4. The fourth-order valence-corrected chi connectivity index (χ4v) is 2.18. The van der Waals surface area contributed by atoms with E-state index in [2.05, 4.69) is 0 Å². The van der Waals surface area contributed by atoms with Crippen molar-refractivity contribution in [2.75, 3.05) is 5.88 Å². The van der Waals surface area contributed by atoms with E-state index < -0.39 is 30.2 Å². The Morgan fingerprint density at radius 3 is 2.44 bits per heavy atom. The highest BCUT2D eigenvalue weighted by Crippen LogP contribution is 2.29. The smallest absolute Gasteiger partial charge is 0.347 e. The summed E-state index contributed by atoms with van der Waals surface area (Å²) in [5.74, 6) is -8.11. The molecule has 3 nitrogen and oxygen atoms in total. The van der Waals surface area contributed by atoms with Crippen molar-refractivity contribution in [3.63, 3.8) is 0 Å². The van der Waals surface area contributed by atoms with Crippen molar-refractivity contribution < 1.29 is 27.2 Å². The number of ketones is 1. The maximum atomic E-state index is 12.7. The van der Waals surface area contributed by atoms with Crippen molar-refractivity contribution in [2.24, 2.45) is 5.92 Å². The minimum atomic E-state index is -4.74. The predicted octanol–water partition coefficient (Wildman–Crippen LogP) is 1.98. The highest BCUT2D eigenvalue weighted by atomic mass is 35.5. The summed E-state index contributed by atoms with van der Waals surface area (Å²) >= 11 is 5.34. The molecule has 0 aromatic carbocycles. The number of carbonyl (C=O) groups excluding carboxylic acids is 2. The Labute approximate surface area is 106 Å². The van der Waals surface area contributed by atoms with E-state index in [1.54, 1.807) is 0 Å². The number of Topliss-reactive ketones (excluding diaryl/α,β-unsaturated/α-hetero) is 1. The standard InChI is InChI=1S/C10H12ClF4NO2/c11-4-7(17)5-2-1-3-6(5)16-9(18)10(14,15)8(12)13/h5-6,8H,1-4H2,(H,16,18). The van der Waals surface area contributed by atoms with Gasteiger partial charge in [0.05, 0.1) is 5.88 Å². The molecule has 1 fully saturated rings. The van der Waals surface area contributed by atoms with Crippen LogP contribution in [0.15, 0.2) is 0 Å². The molecule has 2 unspecified atom stereocenters. The van der Waals surface area contributed by atoms with Crippen LogP contribution in [0.25, 0.3) is 0 Å². The first kappa shape index (κ1) is 15.2. The Bertz CT molecular complexity index is 338. The van der Waals surface area contributed by atoms with E-state index in [1.807, 2.05) is 5.32 Å². The molecule has 1 aliphatic carbocycles. The van der Waals surface area contributed by atoms with Crippen LogP contribution in [0.4, 0.5) is 17.6 Å². The molecule has 104 valence electrons. The minimum Gasteiger partial charge on any atom is -0.347 e.